The molecule has 1 atom stereocenters. The predicted molar refractivity (Wildman–Crippen MR) is 122 cm³/mol. The Morgan fingerprint density at radius 1 is 1.24 bits per heavy atom. The van der Waals surface area contributed by atoms with Crippen LogP contribution in [0.3, 0.4) is 0 Å². The van der Waals surface area contributed by atoms with Gasteiger partial charge in [-0.1, -0.05) is 64.6 Å². The van der Waals surface area contributed by atoms with Crippen molar-refractivity contribution in [3.8, 4) is 0 Å². The van der Waals surface area contributed by atoms with Crippen molar-refractivity contribution >= 4 is 22.3 Å². The molecule has 0 saturated carbocycles. The van der Waals surface area contributed by atoms with Crippen LogP contribution in [0.1, 0.15) is 58.5 Å². The third-order valence-corrected chi connectivity index (χ3v) is 5.96. The molecule has 1 unspecified atom stereocenters. The van der Waals surface area contributed by atoms with Gasteiger partial charge in [0, 0.05) is 11.1 Å². The number of fused-ring (bicyclic) bond motifs is 3. The Morgan fingerprint density at radius 2 is 1.90 bits per heavy atom. The average Bonchev–Trinajstić information content (AvgIpc) is 2.67. The van der Waals surface area contributed by atoms with Crippen molar-refractivity contribution in [2.45, 2.75) is 54.4 Å². The number of nitrogens with zero attached hydrogens (tertiary/aromatic N) is 1. The van der Waals surface area contributed by atoms with E-state index in [1.54, 1.807) is 13.1 Å². The molecule has 0 amide bonds. The Balaban J connectivity index is 2.42. The molecule has 3 heteroatoms. The molecule has 3 nitrogen and oxygen atoms in total. The van der Waals surface area contributed by atoms with Crippen LogP contribution in [0.4, 0.5) is 0 Å². The van der Waals surface area contributed by atoms with Crippen molar-refractivity contribution < 1.29 is 4.79 Å². The highest BCUT2D eigenvalue weighted by Crippen LogP contribution is 2.45. The number of hydrogen-bond donors (Lipinski definition) is 1. The van der Waals surface area contributed by atoms with Crippen LogP contribution in [0, 0.1) is 11.3 Å². The zero-order chi connectivity index (χ0) is 21.3. The summed E-state index contributed by atoms with van der Waals surface area (Å²) < 4.78 is 0. The Kier molecular flexibility index (Phi) is 5.79. The van der Waals surface area contributed by atoms with Gasteiger partial charge < -0.3 is 5.32 Å². The Morgan fingerprint density at radius 3 is 2.45 bits per heavy atom. The van der Waals surface area contributed by atoms with Gasteiger partial charge in [-0.2, -0.15) is 0 Å². The molecule has 29 heavy (non-hydrogen) atoms. The van der Waals surface area contributed by atoms with E-state index >= 15 is 0 Å². The lowest BCUT2D eigenvalue weighted by Gasteiger charge is -2.38. The maximum atomic E-state index is 12.0. The summed E-state index contributed by atoms with van der Waals surface area (Å²) in [6.07, 6.45) is 5.53. The molecule has 3 rings (SSSR count). The fourth-order valence-corrected chi connectivity index (χ4v) is 4.23. The van der Waals surface area contributed by atoms with E-state index in [1.165, 1.54) is 16.3 Å². The van der Waals surface area contributed by atoms with Crippen molar-refractivity contribution in [3.05, 3.63) is 71.2 Å². The first-order valence-corrected chi connectivity index (χ1v) is 10.4. The lowest BCUT2D eigenvalue weighted by atomic mass is 9.68. The van der Waals surface area contributed by atoms with Gasteiger partial charge in [0.25, 0.3) is 0 Å². The summed E-state index contributed by atoms with van der Waals surface area (Å²) in [6, 6.07) is 8.58. The molecule has 0 spiro atoms. The van der Waals surface area contributed by atoms with Gasteiger partial charge in [0.2, 0.25) is 0 Å². The number of aromatic nitrogens is 1. The number of aryl methyl sites for hydroxylation is 1. The van der Waals surface area contributed by atoms with E-state index in [1.807, 2.05) is 6.92 Å². The molecule has 0 fully saturated rings. The number of carbonyl (C=O) groups excluding carboxylic acids is 1. The minimum Gasteiger partial charge on any atom is -0.360 e. The number of allylic oxidation sites excluding steroid dienone is 3. The second kappa shape index (κ2) is 7.98. The number of rotatable bonds is 5. The fraction of sp³-hybridized carbons (Fsp3) is 0.385. The van der Waals surface area contributed by atoms with Crippen LogP contribution in [0.5, 0.6) is 0 Å². The summed E-state index contributed by atoms with van der Waals surface area (Å²) in [4.78, 5) is 17.1. The summed E-state index contributed by atoms with van der Waals surface area (Å²) in [5.74, 6) is 0.346. The van der Waals surface area contributed by atoms with Crippen molar-refractivity contribution in [3.63, 3.8) is 0 Å². The van der Waals surface area contributed by atoms with Crippen LogP contribution in [0.2, 0.25) is 0 Å². The number of nitrogens with one attached hydrogen (secondary N) is 1. The van der Waals surface area contributed by atoms with Gasteiger partial charge in [-0.25, -0.2) is 0 Å². The van der Waals surface area contributed by atoms with E-state index in [-0.39, 0.29) is 17.1 Å². The third-order valence-electron chi connectivity index (χ3n) is 5.96. The van der Waals surface area contributed by atoms with Gasteiger partial charge >= 0.3 is 0 Å². The van der Waals surface area contributed by atoms with Gasteiger partial charge in [0.1, 0.15) is 0 Å². The smallest absolute Gasteiger partial charge is 0.155 e. The molecule has 1 aromatic heterocycles. The Bertz CT molecular complexity index is 1030. The van der Waals surface area contributed by atoms with E-state index in [2.05, 4.69) is 69.9 Å². The molecular weight excluding hydrogens is 356 g/mol. The molecule has 0 radical (unpaired) electrons. The number of ketones is 1. The molecule has 152 valence electrons. The molecule has 1 heterocycles. The number of carbonyl (C=O) groups is 1. The van der Waals surface area contributed by atoms with Crippen LogP contribution in [0.25, 0.3) is 16.5 Å². The van der Waals surface area contributed by atoms with Gasteiger partial charge in [0.15, 0.2) is 5.78 Å². The van der Waals surface area contributed by atoms with Gasteiger partial charge in [-0.15, -0.1) is 0 Å². The molecule has 1 aliphatic rings. The SMILES string of the molecule is C=CNC1=C(/C=C(\C)C(C)=O)C(C(C)(C)C)Cc2c1nc(CC)c1ccccc21. The lowest BCUT2D eigenvalue weighted by Crippen LogP contribution is -2.31. The highest BCUT2D eigenvalue weighted by Gasteiger charge is 2.36. The van der Waals surface area contributed by atoms with Crippen molar-refractivity contribution in [2.24, 2.45) is 11.3 Å². The molecule has 0 bridgehead atoms. The minimum atomic E-state index is 0.0270. The molecular formula is C26H32N2O. The van der Waals surface area contributed by atoms with Gasteiger partial charge in [-0.3, -0.25) is 9.78 Å². The number of hydrogen-bond acceptors (Lipinski definition) is 3. The highest BCUT2D eigenvalue weighted by molar-refractivity contribution is 5.95. The van der Waals surface area contributed by atoms with E-state index in [0.717, 1.165) is 41.1 Å². The largest absolute Gasteiger partial charge is 0.360 e. The quantitative estimate of drug-likeness (QED) is 0.639. The second-order valence-corrected chi connectivity index (χ2v) is 8.97. The average molecular weight is 389 g/mol. The Labute approximate surface area is 174 Å². The molecule has 0 saturated heterocycles. The third kappa shape index (κ3) is 3.91. The van der Waals surface area contributed by atoms with E-state index in [0.29, 0.717) is 0 Å². The maximum absolute atomic E-state index is 12.0. The predicted octanol–water partition coefficient (Wildman–Crippen LogP) is 6.00. The molecule has 2 aromatic rings. The molecule has 1 aromatic carbocycles. The summed E-state index contributed by atoms with van der Waals surface area (Å²) in [5.41, 5.74) is 6.27. The standard InChI is InChI=1S/C26H32N2O/c1-8-23-19-13-11-10-12-18(19)20-15-22(26(5,6)7)21(14-16(3)17(4)29)24(27-9-2)25(20)28-23/h9-14,22,27H,2,8,15H2,1,3-7H3/b16-14+. The van der Waals surface area contributed by atoms with Gasteiger partial charge in [0.05, 0.1) is 11.4 Å². The van der Waals surface area contributed by atoms with Gasteiger partial charge in [-0.05, 0) is 66.3 Å². The van der Waals surface area contributed by atoms with Crippen LogP contribution >= 0.6 is 0 Å². The first kappa shape index (κ1) is 21.0. The summed E-state index contributed by atoms with van der Waals surface area (Å²) in [7, 11) is 0. The zero-order valence-electron chi connectivity index (χ0n) is 18.5. The fourth-order valence-electron chi connectivity index (χ4n) is 4.23. The molecule has 1 N–H and O–H groups in total. The van der Waals surface area contributed by atoms with E-state index in [4.69, 9.17) is 4.98 Å². The topological polar surface area (TPSA) is 42.0 Å². The highest BCUT2D eigenvalue weighted by atomic mass is 16.1. The Hall–Kier alpha value is -2.68. The zero-order valence-corrected chi connectivity index (χ0v) is 18.5. The number of benzene rings is 1. The van der Waals surface area contributed by atoms with Crippen LogP contribution in [-0.2, 0) is 17.6 Å². The number of pyridine rings is 1. The van der Waals surface area contributed by atoms with Crippen LogP contribution in [-0.4, -0.2) is 10.8 Å². The first-order valence-electron chi connectivity index (χ1n) is 10.4. The molecule has 1 aliphatic carbocycles. The monoisotopic (exact) mass is 388 g/mol. The second-order valence-electron chi connectivity index (χ2n) is 8.97. The summed E-state index contributed by atoms with van der Waals surface area (Å²) in [6.45, 7) is 16.4. The van der Waals surface area contributed by atoms with E-state index in [9.17, 15) is 4.79 Å². The maximum Gasteiger partial charge on any atom is 0.155 e. The lowest BCUT2D eigenvalue weighted by molar-refractivity contribution is -0.113. The normalized spacial score (nSPS) is 17.3. The molecule has 0 aliphatic heterocycles. The first-order chi connectivity index (χ1) is 13.7. The number of Topliss-reactive ketones (excluding diaryl/α,β-unsaturated/α-hetero) is 1. The van der Waals surface area contributed by atoms with Crippen LogP contribution < -0.4 is 5.32 Å². The van der Waals surface area contributed by atoms with Crippen molar-refractivity contribution in [2.75, 3.05) is 0 Å². The minimum absolute atomic E-state index is 0.0270. The van der Waals surface area contributed by atoms with E-state index < -0.39 is 0 Å². The van der Waals surface area contributed by atoms with Crippen LogP contribution in [0.15, 0.2) is 54.3 Å². The summed E-state index contributed by atoms with van der Waals surface area (Å²) >= 11 is 0. The van der Waals surface area contributed by atoms with Crippen molar-refractivity contribution in [1.29, 1.82) is 0 Å². The summed E-state index contributed by atoms with van der Waals surface area (Å²) in [5, 5.41) is 5.89. The van der Waals surface area contributed by atoms with Crippen molar-refractivity contribution in [1.82, 2.24) is 10.3 Å².